The van der Waals surface area contributed by atoms with Crippen molar-refractivity contribution in [1.29, 1.82) is 0 Å². The van der Waals surface area contributed by atoms with E-state index in [0.717, 1.165) is 15.7 Å². The Morgan fingerprint density at radius 3 is 2.70 bits per heavy atom. The molecule has 138 valence electrons. The van der Waals surface area contributed by atoms with E-state index >= 15 is 0 Å². The highest BCUT2D eigenvalue weighted by atomic mass is 32.2. The quantitative estimate of drug-likeness (QED) is 0.510. The normalized spacial score (nSPS) is 11.4. The third kappa shape index (κ3) is 4.24. The minimum Gasteiger partial charge on any atom is -0.324 e. The van der Waals surface area contributed by atoms with Crippen LogP contribution in [0, 0.1) is 10.1 Å². The Labute approximate surface area is 160 Å². The van der Waals surface area contributed by atoms with Gasteiger partial charge in [0, 0.05) is 34.4 Å². The van der Waals surface area contributed by atoms with E-state index < -0.39 is 16.4 Å². The van der Waals surface area contributed by atoms with Crippen molar-refractivity contribution in [2.24, 2.45) is 5.73 Å². The van der Waals surface area contributed by atoms with Gasteiger partial charge in [0.1, 0.15) is 0 Å². The maximum atomic E-state index is 12.0. The Bertz CT molecular complexity index is 1030. The summed E-state index contributed by atoms with van der Waals surface area (Å²) in [6.45, 7) is 3.13. The van der Waals surface area contributed by atoms with Gasteiger partial charge in [-0.05, 0) is 43.5 Å². The van der Waals surface area contributed by atoms with Gasteiger partial charge in [0.05, 0.1) is 15.4 Å². The van der Waals surface area contributed by atoms with Crippen LogP contribution in [-0.4, -0.2) is 21.4 Å². The van der Waals surface area contributed by atoms with E-state index in [1.807, 2.05) is 24.3 Å². The van der Waals surface area contributed by atoms with Gasteiger partial charge in [-0.1, -0.05) is 23.9 Å². The van der Waals surface area contributed by atoms with Crippen LogP contribution in [0.15, 0.2) is 64.6 Å². The topological polar surface area (TPSA) is 111 Å². The fraction of sp³-hybridized carbons (Fsp3) is 0.158. The van der Waals surface area contributed by atoms with Crippen LogP contribution in [0.2, 0.25) is 0 Å². The molecule has 1 amide bonds. The first kappa shape index (κ1) is 18.8. The standard InChI is InChI=1S/C19H18N4O3S/c1-19(2,20)18(24)22-13-6-7-17(15(10-13)23(25)26)27-16-5-3-4-12-11-21-9-8-14(12)16/h3-11H,20H2,1-2H3,(H,22,24). The SMILES string of the molecule is CC(C)(N)C(=O)Nc1ccc(Sc2cccc3cnccc23)c([N+](=O)[O-])c1. The molecule has 0 bridgehead atoms. The summed E-state index contributed by atoms with van der Waals surface area (Å²) in [7, 11) is 0. The van der Waals surface area contributed by atoms with E-state index in [4.69, 9.17) is 5.73 Å². The number of hydrogen-bond acceptors (Lipinski definition) is 6. The van der Waals surface area contributed by atoms with Gasteiger partial charge < -0.3 is 11.1 Å². The predicted molar refractivity (Wildman–Crippen MR) is 106 cm³/mol. The fourth-order valence-corrected chi connectivity index (χ4v) is 3.47. The lowest BCUT2D eigenvalue weighted by molar-refractivity contribution is -0.387. The number of nitrogens with zero attached hydrogens (tertiary/aromatic N) is 2. The molecule has 3 N–H and O–H groups in total. The summed E-state index contributed by atoms with van der Waals surface area (Å²) in [6.07, 6.45) is 3.44. The number of nitrogens with two attached hydrogens (primary N) is 1. The Hall–Kier alpha value is -2.97. The Kier molecular flexibility index (Phi) is 5.11. The lowest BCUT2D eigenvalue weighted by atomic mass is 10.1. The monoisotopic (exact) mass is 382 g/mol. The zero-order chi connectivity index (χ0) is 19.6. The second-order valence-electron chi connectivity index (χ2n) is 6.57. The van der Waals surface area contributed by atoms with Gasteiger partial charge >= 0.3 is 0 Å². The Balaban J connectivity index is 1.96. The molecule has 3 rings (SSSR count). The summed E-state index contributed by atoms with van der Waals surface area (Å²) >= 11 is 1.30. The Morgan fingerprint density at radius 1 is 1.22 bits per heavy atom. The average Bonchev–Trinajstić information content (AvgIpc) is 2.62. The highest BCUT2D eigenvalue weighted by molar-refractivity contribution is 7.99. The summed E-state index contributed by atoms with van der Waals surface area (Å²) < 4.78 is 0. The molecular weight excluding hydrogens is 364 g/mol. The van der Waals surface area contributed by atoms with E-state index in [1.54, 1.807) is 38.4 Å². The number of carbonyl (C=O) groups is 1. The number of benzene rings is 2. The molecule has 1 aromatic heterocycles. The first-order valence-corrected chi connectivity index (χ1v) is 8.97. The number of nitrogens with one attached hydrogen (secondary N) is 1. The molecule has 3 aromatic rings. The number of nitro benzene ring substituents is 1. The van der Waals surface area contributed by atoms with E-state index in [0.29, 0.717) is 10.6 Å². The predicted octanol–water partition coefficient (Wildman–Crippen LogP) is 3.97. The molecular formula is C19H18N4O3S. The van der Waals surface area contributed by atoms with Crippen molar-refractivity contribution in [2.45, 2.75) is 29.2 Å². The van der Waals surface area contributed by atoms with Crippen LogP contribution in [0.25, 0.3) is 10.8 Å². The van der Waals surface area contributed by atoms with E-state index in [9.17, 15) is 14.9 Å². The van der Waals surface area contributed by atoms with Crippen molar-refractivity contribution in [3.05, 3.63) is 65.0 Å². The summed E-state index contributed by atoms with van der Waals surface area (Å²) in [5, 5.41) is 16.1. The van der Waals surface area contributed by atoms with Gasteiger partial charge in [-0.3, -0.25) is 19.9 Å². The number of carbonyl (C=O) groups excluding carboxylic acids is 1. The van der Waals surface area contributed by atoms with E-state index in [2.05, 4.69) is 10.3 Å². The lowest BCUT2D eigenvalue weighted by Gasteiger charge is -2.18. The van der Waals surface area contributed by atoms with Crippen LogP contribution in [0.3, 0.4) is 0 Å². The number of pyridine rings is 1. The Morgan fingerprint density at radius 2 is 2.00 bits per heavy atom. The highest BCUT2D eigenvalue weighted by Gasteiger charge is 2.23. The van der Waals surface area contributed by atoms with Crippen LogP contribution in [-0.2, 0) is 4.79 Å². The number of nitro groups is 1. The second-order valence-corrected chi connectivity index (χ2v) is 7.65. The third-order valence-electron chi connectivity index (χ3n) is 3.86. The largest absolute Gasteiger partial charge is 0.324 e. The number of hydrogen-bond donors (Lipinski definition) is 2. The number of aromatic nitrogens is 1. The average molecular weight is 382 g/mol. The summed E-state index contributed by atoms with van der Waals surface area (Å²) in [4.78, 5) is 28.6. The minimum atomic E-state index is -1.08. The van der Waals surface area contributed by atoms with Crippen molar-refractivity contribution in [2.75, 3.05) is 5.32 Å². The molecule has 1 heterocycles. The molecule has 7 nitrogen and oxygen atoms in total. The molecule has 0 fully saturated rings. The molecule has 2 aromatic carbocycles. The lowest BCUT2D eigenvalue weighted by Crippen LogP contribution is -2.45. The van der Waals surface area contributed by atoms with Crippen LogP contribution >= 0.6 is 11.8 Å². The van der Waals surface area contributed by atoms with Crippen LogP contribution < -0.4 is 11.1 Å². The molecule has 0 aliphatic rings. The van der Waals surface area contributed by atoms with Crippen LogP contribution in [0.5, 0.6) is 0 Å². The molecule has 0 radical (unpaired) electrons. The highest BCUT2D eigenvalue weighted by Crippen LogP contribution is 2.39. The number of fused-ring (bicyclic) bond motifs is 1. The molecule has 0 spiro atoms. The molecule has 27 heavy (non-hydrogen) atoms. The molecule has 0 atom stereocenters. The molecule has 0 saturated heterocycles. The van der Waals surface area contributed by atoms with Gasteiger partial charge in [-0.2, -0.15) is 0 Å². The van der Waals surface area contributed by atoms with Crippen molar-refractivity contribution in [1.82, 2.24) is 4.98 Å². The van der Waals surface area contributed by atoms with Gasteiger partial charge in [-0.15, -0.1) is 0 Å². The van der Waals surface area contributed by atoms with Gasteiger partial charge in [-0.25, -0.2) is 0 Å². The van der Waals surface area contributed by atoms with Crippen molar-refractivity contribution < 1.29 is 9.72 Å². The maximum absolute atomic E-state index is 12.0. The van der Waals surface area contributed by atoms with Gasteiger partial charge in [0.2, 0.25) is 5.91 Å². The molecule has 0 unspecified atom stereocenters. The number of amides is 1. The zero-order valence-electron chi connectivity index (χ0n) is 14.8. The first-order valence-electron chi connectivity index (χ1n) is 8.15. The summed E-state index contributed by atoms with van der Waals surface area (Å²) in [6, 6.07) is 12.2. The zero-order valence-corrected chi connectivity index (χ0v) is 15.6. The van der Waals surface area contributed by atoms with Gasteiger partial charge in [0.25, 0.3) is 5.69 Å². The third-order valence-corrected chi connectivity index (χ3v) is 5.00. The molecule has 0 aliphatic carbocycles. The van der Waals surface area contributed by atoms with E-state index in [-0.39, 0.29) is 5.69 Å². The summed E-state index contributed by atoms with van der Waals surface area (Å²) in [5.74, 6) is -0.418. The van der Waals surface area contributed by atoms with E-state index in [1.165, 1.54) is 17.8 Å². The van der Waals surface area contributed by atoms with Gasteiger partial charge in [0.15, 0.2) is 0 Å². The maximum Gasteiger partial charge on any atom is 0.285 e. The second kappa shape index (κ2) is 7.34. The fourth-order valence-electron chi connectivity index (χ4n) is 2.42. The molecule has 0 aliphatic heterocycles. The number of anilines is 1. The minimum absolute atomic E-state index is 0.0845. The van der Waals surface area contributed by atoms with Crippen LogP contribution in [0.4, 0.5) is 11.4 Å². The van der Waals surface area contributed by atoms with Crippen molar-refractivity contribution in [3.8, 4) is 0 Å². The van der Waals surface area contributed by atoms with Crippen molar-refractivity contribution in [3.63, 3.8) is 0 Å². The summed E-state index contributed by atoms with van der Waals surface area (Å²) in [5.41, 5.74) is 4.92. The first-order chi connectivity index (χ1) is 12.8. The smallest absolute Gasteiger partial charge is 0.285 e. The number of rotatable bonds is 5. The molecule has 0 saturated carbocycles. The molecule has 8 heteroatoms. The van der Waals surface area contributed by atoms with Crippen molar-refractivity contribution >= 4 is 39.8 Å². The van der Waals surface area contributed by atoms with Crippen LogP contribution in [0.1, 0.15) is 13.8 Å².